The van der Waals surface area contributed by atoms with Crippen molar-refractivity contribution in [3.05, 3.63) is 22.5 Å². The van der Waals surface area contributed by atoms with Crippen molar-refractivity contribution >= 4 is 24.0 Å². The molecule has 0 spiro atoms. The highest BCUT2D eigenvalue weighted by molar-refractivity contribution is 5.85. The van der Waals surface area contributed by atoms with Crippen molar-refractivity contribution < 1.29 is 9.72 Å². The normalized spacial score (nSPS) is 16.2. The van der Waals surface area contributed by atoms with Gasteiger partial charge in [0.25, 0.3) is 0 Å². The van der Waals surface area contributed by atoms with Gasteiger partial charge < -0.3 is 10.6 Å². The molecule has 2 N–H and O–H groups in total. The van der Waals surface area contributed by atoms with E-state index in [9.17, 15) is 14.9 Å². The van der Waals surface area contributed by atoms with Crippen molar-refractivity contribution in [1.82, 2.24) is 14.7 Å². The molecular formula is C13H22ClN5O3. The number of piperidine rings is 1. The van der Waals surface area contributed by atoms with E-state index in [0.717, 1.165) is 19.0 Å². The molecular weight excluding hydrogens is 310 g/mol. The van der Waals surface area contributed by atoms with Gasteiger partial charge in [0.05, 0.1) is 4.92 Å². The highest BCUT2D eigenvalue weighted by Crippen LogP contribution is 2.24. The van der Waals surface area contributed by atoms with Crippen LogP contribution in [0.5, 0.6) is 0 Å². The third-order valence-electron chi connectivity index (χ3n) is 4.11. The van der Waals surface area contributed by atoms with Crippen LogP contribution in [0.3, 0.4) is 0 Å². The van der Waals surface area contributed by atoms with Gasteiger partial charge in [-0.15, -0.1) is 12.4 Å². The third kappa shape index (κ3) is 3.56. The molecule has 1 aromatic heterocycles. The van der Waals surface area contributed by atoms with Crippen molar-refractivity contribution in [2.45, 2.75) is 32.2 Å². The first kappa shape index (κ1) is 18.4. The number of likely N-dealkylation sites (tertiary alicyclic amines) is 1. The van der Waals surface area contributed by atoms with E-state index in [1.54, 1.807) is 18.7 Å². The summed E-state index contributed by atoms with van der Waals surface area (Å²) >= 11 is 0. The smallest absolute Gasteiger partial charge is 0.307 e. The summed E-state index contributed by atoms with van der Waals surface area (Å²) in [5.74, 6) is 0.402. The molecule has 8 nitrogen and oxygen atoms in total. The number of rotatable bonds is 4. The van der Waals surface area contributed by atoms with Crippen molar-refractivity contribution in [1.29, 1.82) is 0 Å². The van der Waals surface area contributed by atoms with Gasteiger partial charge in [0.1, 0.15) is 17.9 Å². The van der Waals surface area contributed by atoms with Gasteiger partial charge in [-0.05, 0) is 39.2 Å². The fourth-order valence-electron chi connectivity index (χ4n) is 2.57. The first-order valence-electron chi connectivity index (χ1n) is 7.05. The summed E-state index contributed by atoms with van der Waals surface area (Å²) in [7, 11) is 0. The van der Waals surface area contributed by atoms with Crippen LogP contribution in [0.15, 0.2) is 12.4 Å². The van der Waals surface area contributed by atoms with E-state index in [-0.39, 0.29) is 24.0 Å². The molecule has 1 saturated heterocycles. The maximum atomic E-state index is 12.7. The van der Waals surface area contributed by atoms with Crippen LogP contribution in [0, 0.1) is 16.0 Å². The van der Waals surface area contributed by atoms with Crippen LogP contribution in [0.2, 0.25) is 0 Å². The number of carbonyl (C=O) groups excluding carboxylic acids is 1. The Bertz CT molecular complexity index is 538. The molecule has 1 fully saturated rings. The average molecular weight is 332 g/mol. The monoisotopic (exact) mass is 331 g/mol. The predicted molar refractivity (Wildman–Crippen MR) is 83.8 cm³/mol. The molecule has 0 bridgehead atoms. The lowest BCUT2D eigenvalue weighted by atomic mass is 9.95. The van der Waals surface area contributed by atoms with Crippen molar-refractivity contribution in [3.8, 4) is 0 Å². The van der Waals surface area contributed by atoms with Gasteiger partial charge in [-0.2, -0.15) is 5.10 Å². The standard InChI is InChI=1S/C13H21N5O3.ClH/c1-13(2,17-9-11(8-15-17)18(20)21)12(19)16-5-3-10(7-14)4-6-16;/h8-10H,3-7,14H2,1-2H3;1H. The Balaban J connectivity index is 0.00000242. The van der Waals surface area contributed by atoms with Crippen LogP contribution in [0.4, 0.5) is 5.69 Å². The zero-order valence-electron chi connectivity index (χ0n) is 12.8. The van der Waals surface area contributed by atoms with Gasteiger partial charge in [-0.3, -0.25) is 19.6 Å². The zero-order valence-corrected chi connectivity index (χ0v) is 13.6. The maximum Gasteiger partial charge on any atom is 0.307 e. The molecule has 22 heavy (non-hydrogen) atoms. The molecule has 0 aliphatic carbocycles. The molecule has 0 unspecified atom stereocenters. The summed E-state index contributed by atoms with van der Waals surface area (Å²) in [4.78, 5) is 24.7. The second-order valence-corrected chi connectivity index (χ2v) is 5.93. The molecule has 1 aromatic rings. The molecule has 0 saturated carbocycles. The Labute approximate surface area is 135 Å². The van der Waals surface area contributed by atoms with E-state index < -0.39 is 10.5 Å². The lowest BCUT2D eigenvalue weighted by Gasteiger charge is -2.36. The molecule has 1 aliphatic heterocycles. The molecule has 1 aliphatic rings. The molecule has 0 aromatic carbocycles. The summed E-state index contributed by atoms with van der Waals surface area (Å²) in [5, 5.41) is 14.7. The summed E-state index contributed by atoms with van der Waals surface area (Å²) in [6, 6.07) is 0. The van der Waals surface area contributed by atoms with Crippen LogP contribution in [-0.4, -0.2) is 45.1 Å². The molecule has 0 atom stereocenters. The maximum absolute atomic E-state index is 12.7. The minimum Gasteiger partial charge on any atom is -0.341 e. The lowest BCUT2D eigenvalue weighted by Crippen LogP contribution is -2.50. The van der Waals surface area contributed by atoms with Gasteiger partial charge in [-0.1, -0.05) is 0 Å². The predicted octanol–water partition coefficient (Wildman–Crippen LogP) is 1.15. The first-order chi connectivity index (χ1) is 9.86. The minimum absolute atomic E-state index is 0. The SMILES string of the molecule is CC(C)(C(=O)N1CCC(CN)CC1)n1cc([N+](=O)[O-])cn1.Cl. The summed E-state index contributed by atoms with van der Waals surface area (Å²) in [6.07, 6.45) is 4.26. The Morgan fingerprint density at radius 3 is 2.55 bits per heavy atom. The van der Waals surface area contributed by atoms with Crippen LogP contribution < -0.4 is 5.73 Å². The Morgan fingerprint density at radius 2 is 2.09 bits per heavy atom. The molecule has 2 rings (SSSR count). The molecule has 0 radical (unpaired) electrons. The van der Waals surface area contributed by atoms with Gasteiger partial charge in [0, 0.05) is 13.1 Å². The largest absolute Gasteiger partial charge is 0.341 e. The van der Waals surface area contributed by atoms with E-state index in [1.165, 1.54) is 10.9 Å². The van der Waals surface area contributed by atoms with Crippen molar-refractivity contribution in [2.75, 3.05) is 19.6 Å². The number of nitrogens with two attached hydrogens (primary N) is 1. The van der Waals surface area contributed by atoms with Gasteiger partial charge in [-0.25, -0.2) is 0 Å². The minimum atomic E-state index is -0.941. The molecule has 124 valence electrons. The highest BCUT2D eigenvalue weighted by atomic mass is 35.5. The Hall–Kier alpha value is -1.67. The van der Waals surface area contributed by atoms with Crippen LogP contribution in [0.1, 0.15) is 26.7 Å². The number of hydrogen-bond donors (Lipinski definition) is 1. The van der Waals surface area contributed by atoms with Crippen LogP contribution in [-0.2, 0) is 10.3 Å². The molecule has 9 heteroatoms. The van der Waals surface area contributed by atoms with E-state index in [1.807, 2.05) is 0 Å². The fourth-order valence-corrected chi connectivity index (χ4v) is 2.57. The average Bonchev–Trinajstić information content (AvgIpc) is 2.97. The van der Waals surface area contributed by atoms with Crippen molar-refractivity contribution in [2.24, 2.45) is 11.7 Å². The molecule has 2 heterocycles. The zero-order chi connectivity index (χ0) is 15.6. The number of halogens is 1. The quantitative estimate of drug-likeness (QED) is 0.657. The van der Waals surface area contributed by atoms with E-state index in [2.05, 4.69) is 5.10 Å². The van der Waals surface area contributed by atoms with Crippen molar-refractivity contribution in [3.63, 3.8) is 0 Å². The number of hydrogen-bond acceptors (Lipinski definition) is 5. The Kier molecular flexibility index (Phi) is 5.90. The van der Waals surface area contributed by atoms with E-state index >= 15 is 0 Å². The van der Waals surface area contributed by atoms with Crippen LogP contribution >= 0.6 is 12.4 Å². The second-order valence-electron chi connectivity index (χ2n) is 5.93. The fraction of sp³-hybridized carbons (Fsp3) is 0.692. The van der Waals surface area contributed by atoms with Gasteiger partial charge in [0.2, 0.25) is 5.91 Å². The number of nitro groups is 1. The molecule has 1 amide bonds. The topological polar surface area (TPSA) is 107 Å². The van der Waals surface area contributed by atoms with Gasteiger partial charge in [0.15, 0.2) is 0 Å². The number of aromatic nitrogens is 2. The number of carbonyl (C=O) groups is 1. The summed E-state index contributed by atoms with van der Waals surface area (Å²) in [6.45, 7) is 5.44. The summed E-state index contributed by atoms with van der Waals surface area (Å²) < 4.78 is 1.36. The number of nitrogens with zero attached hydrogens (tertiary/aromatic N) is 4. The third-order valence-corrected chi connectivity index (χ3v) is 4.11. The second kappa shape index (κ2) is 7.06. The summed E-state index contributed by atoms with van der Waals surface area (Å²) in [5.41, 5.74) is 4.60. The van der Waals surface area contributed by atoms with Gasteiger partial charge >= 0.3 is 5.69 Å². The Morgan fingerprint density at radius 1 is 1.50 bits per heavy atom. The van der Waals surface area contributed by atoms with E-state index in [4.69, 9.17) is 5.73 Å². The van der Waals surface area contributed by atoms with E-state index in [0.29, 0.717) is 25.6 Å². The highest BCUT2D eigenvalue weighted by Gasteiger charge is 2.36. The first-order valence-corrected chi connectivity index (χ1v) is 7.05. The van der Waals surface area contributed by atoms with Crippen LogP contribution in [0.25, 0.3) is 0 Å². The number of amides is 1. The lowest BCUT2D eigenvalue weighted by molar-refractivity contribution is -0.385.